The number of hydrogen-bond acceptors (Lipinski definition) is 7. The molecule has 2 aromatic carbocycles. The van der Waals surface area contributed by atoms with Gasteiger partial charge in [0, 0.05) is 29.3 Å². The molecule has 2 aliphatic rings. The first-order chi connectivity index (χ1) is 13.0. The van der Waals surface area contributed by atoms with E-state index in [2.05, 4.69) is 10.3 Å². The van der Waals surface area contributed by atoms with Crippen LogP contribution in [-0.2, 0) is 9.53 Å². The summed E-state index contributed by atoms with van der Waals surface area (Å²) in [4.78, 5) is 28.0. The topological polar surface area (TPSA) is 94.4 Å². The maximum atomic E-state index is 12.5. The number of hydrogen-bond donors (Lipinski definition) is 1. The highest BCUT2D eigenvalue weighted by atomic mass is 32.1. The SMILES string of the molecule is Cc1nc2c3c(ccc2s1)NC1=C(C(=O)OC1)C3c1cccc([N+](=O)[O-])c1. The molecule has 0 saturated carbocycles. The molecule has 0 amide bonds. The highest BCUT2D eigenvalue weighted by Gasteiger charge is 2.40. The fourth-order valence-electron chi connectivity index (χ4n) is 3.80. The smallest absolute Gasteiger partial charge is 0.337 e. The summed E-state index contributed by atoms with van der Waals surface area (Å²) in [6.45, 7) is 2.11. The van der Waals surface area contributed by atoms with Crippen molar-refractivity contribution in [3.8, 4) is 0 Å². The predicted molar refractivity (Wildman–Crippen MR) is 101 cm³/mol. The van der Waals surface area contributed by atoms with Gasteiger partial charge in [-0.15, -0.1) is 11.3 Å². The molecule has 0 bridgehead atoms. The maximum absolute atomic E-state index is 12.5. The van der Waals surface area contributed by atoms with Gasteiger partial charge in [0.1, 0.15) is 6.61 Å². The van der Waals surface area contributed by atoms with Gasteiger partial charge in [-0.2, -0.15) is 0 Å². The van der Waals surface area contributed by atoms with Crippen LogP contribution in [0.3, 0.4) is 0 Å². The van der Waals surface area contributed by atoms with Crippen molar-refractivity contribution in [2.45, 2.75) is 12.8 Å². The largest absolute Gasteiger partial charge is 0.456 e. The highest BCUT2D eigenvalue weighted by molar-refractivity contribution is 7.18. The van der Waals surface area contributed by atoms with Gasteiger partial charge in [0.25, 0.3) is 5.69 Å². The van der Waals surface area contributed by atoms with Crippen LogP contribution in [0.1, 0.15) is 22.1 Å². The normalized spacial score (nSPS) is 18.1. The Kier molecular flexibility index (Phi) is 3.32. The predicted octanol–water partition coefficient (Wildman–Crippen LogP) is 3.88. The molecule has 8 heteroatoms. The number of nitrogens with zero attached hydrogens (tertiary/aromatic N) is 2. The summed E-state index contributed by atoms with van der Waals surface area (Å²) < 4.78 is 6.26. The van der Waals surface area contributed by atoms with Crippen molar-refractivity contribution in [3.63, 3.8) is 0 Å². The van der Waals surface area contributed by atoms with Gasteiger partial charge < -0.3 is 10.1 Å². The Bertz CT molecular complexity index is 1180. The van der Waals surface area contributed by atoms with Gasteiger partial charge in [0.15, 0.2) is 0 Å². The number of non-ortho nitro benzene ring substituents is 1. The van der Waals surface area contributed by atoms with Crippen LogP contribution in [0.15, 0.2) is 47.7 Å². The Morgan fingerprint density at radius 3 is 3.00 bits per heavy atom. The van der Waals surface area contributed by atoms with Crippen LogP contribution in [0, 0.1) is 17.0 Å². The summed E-state index contributed by atoms with van der Waals surface area (Å²) in [5.74, 6) is -0.861. The van der Waals surface area contributed by atoms with Crippen LogP contribution in [0.25, 0.3) is 10.2 Å². The second kappa shape index (κ2) is 5.62. The standard InChI is InChI=1S/C19H13N3O4S/c1-9-20-18-14(27-9)6-5-12-16(18)15(17-13(21-12)8-26-19(17)23)10-3-2-4-11(7-10)22(24)25/h2-7,15,21H,8H2,1H3. The van der Waals surface area contributed by atoms with Gasteiger partial charge >= 0.3 is 5.97 Å². The van der Waals surface area contributed by atoms with Gasteiger partial charge in [-0.05, 0) is 24.6 Å². The Labute approximate surface area is 157 Å². The lowest BCUT2D eigenvalue weighted by Gasteiger charge is -2.27. The summed E-state index contributed by atoms with van der Waals surface area (Å²) >= 11 is 1.58. The van der Waals surface area contributed by atoms with E-state index < -0.39 is 16.8 Å². The molecule has 5 rings (SSSR count). The molecular weight excluding hydrogens is 366 g/mol. The van der Waals surface area contributed by atoms with E-state index in [1.165, 1.54) is 12.1 Å². The number of fused-ring (bicyclic) bond motifs is 3. The monoisotopic (exact) mass is 379 g/mol. The minimum Gasteiger partial charge on any atom is -0.456 e. The molecule has 0 saturated heterocycles. The molecule has 134 valence electrons. The number of carbonyl (C=O) groups is 1. The number of carbonyl (C=O) groups excluding carboxylic acids is 1. The van der Waals surface area contributed by atoms with Crippen LogP contribution in [0.4, 0.5) is 11.4 Å². The third-order valence-corrected chi connectivity index (χ3v) is 5.81. The van der Waals surface area contributed by atoms with Gasteiger partial charge in [0.05, 0.1) is 31.4 Å². The zero-order valence-electron chi connectivity index (χ0n) is 14.2. The lowest BCUT2D eigenvalue weighted by atomic mass is 9.80. The first kappa shape index (κ1) is 16.0. The average molecular weight is 379 g/mol. The van der Waals surface area contributed by atoms with Crippen molar-refractivity contribution < 1.29 is 14.5 Å². The molecule has 0 aliphatic carbocycles. The molecule has 0 fully saturated rings. The number of aryl methyl sites for hydroxylation is 1. The fourth-order valence-corrected chi connectivity index (χ4v) is 4.64. The summed E-state index contributed by atoms with van der Waals surface area (Å²) in [6.07, 6.45) is 0. The van der Waals surface area contributed by atoms with Crippen molar-refractivity contribution in [2.75, 3.05) is 11.9 Å². The zero-order valence-corrected chi connectivity index (χ0v) is 15.0. The van der Waals surface area contributed by atoms with E-state index in [9.17, 15) is 14.9 Å². The molecule has 1 atom stereocenters. The second-order valence-electron chi connectivity index (χ2n) is 6.48. The number of ether oxygens (including phenoxy) is 1. The molecular formula is C19H13N3O4S. The van der Waals surface area contributed by atoms with E-state index in [-0.39, 0.29) is 12.3 Å². The summed E-state index contributed by atoms with van der Waals surface area (Å²) in [6, 6.07) is 10.4. The maximum Gasteiger partial charge on any atom is 0.337 e. The molecule has 0 spiro atoms. The number of aromatic nitrogens is 1. The fraction of sp³-hybridized carbons (Fsp3) is 0.158. The minimum atomic E-state index is -0.462. The van der Waals surface area contributed by atoms with Crippen LogP contribution >= 0.6 is 11.3 Å². The third kappa shape index (κ3) is 2.33. The number of esters is 1. The quantitative estimate of drug-likeness (QED) is 0.412. The minimum absolute atomic E-state index is 0.0114. The summed E-state index contributed by atoms with van der Waals surface area (Å²) in [7, 11) is 0. The van der Waals surface area contributed by atoms with Crippen molar-refractivity contribution in [2.24, 2.45) is 0 Å². The molecule has 1 unspecified atom stereocenters. The van der Waals surface area contributed by atoms with Crippen LogP contribution in [-0.4, -0.2) is 22.5 Å². The molecule has 7 nitrogen and oxygen atoms in total. The van der Waals surface area contributed by atoms with Crippen molar-refractivity contribution in [1.29, 1.82) is 0 Å². The number of nitro groups is 1. The van der Waals surface area contributed by atoms with Gasteiger partial charge in [-0.25, -0.2) is 9.78 Å². The lowest BCUT2D eigenvalue weighted by Crippen LogP contribution is -2.20. The highest BCUT2D eigenvalue weighted by Crippen LogP contribution is 2.48. The van der Waals surface area contributed by atoms with Gasteiger partial charge in [-0.1, -0.05) is 12.1 Å². The van der Waals surface area contributed by atoms with E-state index in [1.54, 1.807) is 23.5 Å². The number of nitro benzene ring substituents is 1. The number of nitrogens with one attached hydrogen (secondary N) is 1. The number of anilines is 1. The Balaban J connectivity index is 1.82. The van der Waals surface area contributed by atoms with Crippen LogP contribution in [0.2, 0.25) is 0 Å². The molecule has 0 radical (unpaired) electrons. The third-order valence-electron chi connectivity index (χ3n) is 4.88. The zero-order chi connectivity index (χ0) is 18.7. The first-order valence-corrected chi connectivity index (χ1v) is 9.16. The number of thiazole rings is 1. The van der Waals surface area contributed by atoms with E-state index in [1.807, 2.05) is 19.1 Å². The van der Waals surface area contributed by atoms with Crippen molar-refractivity contribution >= 4 is 38.9 Å². The molecule has 1 aromatic heterocycles. The van der Waals surface area contributed by atoms with E-state index in [0.29, 0.717) is 16.8 Å². The van der Waals surface area contributed by atoms with E-state index in [4.69, 9.17) is 4.74 Å². The van der Waals surface area contributed by atoms with Crippen molar-refractivity contribution in [1.82, 2.24) is 4.98 Å². The van der Waals surface area contributed by atoms with E-state index >= 15 is 0 Å². The first-order valence-electron chi connectivity index (χ1n) is 8.34. The number of rotatable bonds is 2. The molecule has 2 aliphatic heterocycles. The summed E-state index contributed by atoms with van der Waals surface area (Å²) in [5, 5.41) is 15.5. The van der Waals surface area contributed by atoms with Gasteiger partial charge in [0.2, 0.25) is 0 Å². The lowest BCUT2D eigenvalue weighted by molar-refractivity contribution is -0.384. The molecule has 27 heavy (non-hydrogen) atoms. The summed E-state index contributed by atoms with van der Waals surface area (Å²) in [5.41, 5.74) is 4.39. The Hall–Kier alpha value is -3.26. The average Bonchev–Trinajstić information content (AvgIpc) is 3.22. The molecule has 3 heterocycles. The molecule has 3 aromatic rings. The van der Waals surface area contributed by atoms with Crippen LogP contribution in [0.5, 0.6) is 0 Å². The number of benzene rings is 2. The van der Waals surface area contributed by atoms with E-state index in [0.717, 1.165) is 26.5 Å². The number of cyclic esters (lactones) is 1. The molecule has 1 N–H and O–H groups in total. The second-order valence-corrected chi connectivity index (χ2v) is 7.72. The van der Waals surface area contributed by atoms with Crippen molar-refractivity contribution in [3.05, 3.63) is 73.9 Å². The Morgan fingerprint density at radius 1 is 1.33 bits per heavy atom. The van der Waals surface area contributed by atoms with Crippen LogP contribution < -0.4 is 5.32 Å². The van der Waals surface area contributed by atoms with Gasteiger partial charge in [-0.3, -0.25) is 10.1 Å². The Morgan fingerprint density at radius 2 is 2.19 bits per heavy atom.